The first-order valence-corrected chi connectivity index (χ1v) is 7.68. The van der Waals surface area contributed by atoms with E-state index in [-0.39, 0.29) is 6.10 Å². The molecule has 2 atom stereocenters. The molecule has 1 aliphatic rings. The smallest absolute Gasteiger partial charge is 0.127 e. The van der Waals surface area contributed by atoms with E-state index < -0.39 is 6.10 Å². The minimum atomic E-state index is -0.550. The summed E-state index contributed by atoms with van der Waals surface area (Å²) in [4.78, 5) is 0. The summed E-state index contributed by atoms with van der Waals surface area (Å²) >= 11 is 15.4. The Balaban J connectivity index is 1.96. The highest BCUT2D eigenvalue weighted by molar-refractivity contribution is 9.10. The van der Waals surface area contributed by atoms with Gasteiger partial charge in [-0.3, -0.25) is 0 Å². The summed E-state index contributed by atoms with van der Waals surface area (Å²) in [5, 5.41) is 11.3. The molecule has 104 valence electrons. The lowest BCUT2D eigenvalue weighted by atomic mass is 9.95. The lowest BCUT2D eigenvalue weighted by molar-refractivity contribution is 0.0657. The highest BCUT2D eigenvalue weighted by Crippen LogP contribution is 2.42. The van der Waals surface area contributed by atoms with E-state index in [1.807, 2.05) is 24.3 Å². The quantitative estimate of drug-likeness (QED) is 0.733. The van der Waals surface area contributed by atoms with E-state index in [0.29, 0.717) is 22.2 Å². The Hall–Kier alpha value is -0.740. The zero-order chi connectivity index (χ0) is 14.3. The van der Waals surface area contributed by atoms with Gasteiger partial charge >= 0.3 is 0 Å². The Morgan fingerprint density at radius 2 is 1.90 bits per heavy atom. The molecule has 1 heterocycles. The molecule has 2 nitrogen and oxygen atoms in total. The second kappa shape index (κ2) is 5.57. The summed E-state index contributed by atoms with van der Waals surface area (Å²) in [7, 11) is 0. The summed E-state index contributed by atoms with van der Waals surface area (Å²) < 4.78 is 6.89. The maximum atomic E-state index is 10.3. The normalized spacial score (nSPS) is 21.2. The number of benzene rings is 2. The van der Waals surface area contributed by atoms with Gasteiger partial charge in [-0.25, -0.2) is 0 Å². The number of aliphatic hydroxyl groups excluding tert-OH is 1. The van der Waals surface area contributed by atoms with Crippen molar-refractivity contribution >= 4 is 39.1 Å². The van der Waals surface area contributed by atoms with Crippen LogP contribution in [0.25, 0.3) is 0 Å². The van der Waals surface area contributed by atoms with Gasteiger partial charge in [0, 0.05) is 16.5 Å². The molecule has 0 aliphatic carbocycles. The number of fused-ring (bicyclic) bond motifs is 1. The van der Waals surface area contributed by atoms with Gasteiger partial charge in [-0.05, 0) is 29.8 Å². The zero-order valence-corrected chi connectivity index (χ0v) is 13.4. The van der Waals surface area contributed by atoms with E-state index in [4.69, 9.17) is 27.9 Å². The Labute approximate surface area is 135 Å². The van der Waals surface area contributed by atoms with Gasteiger partial charge < -0.3 is 9.84 Å². The van der Waals surface area contributed by atoms with Gasteiger partial charge in [-0.2, -0.15) is 0 Å². The largest absolute Gasteiger partial charge is 0.485 e. The van der Waals surface area contributed by atoms with Crippen LogP contribution in [0, 0.1) is 0 Å². The Morgan fingerprint density at radius 1 is 1.10 bits per heavy atom. The number of rotatable bonds is 1. The maximum Gasteiger partial charge on any atom is 0.127 e. The molecule has 5 heteroatoms. The summed E-state index contributed by atoms with van der Waals surface area (Å²) in [5.74, 6) is 0.689. The second-order valence-electron chi connectivity index (χ2n) is 4.71. The highest BCUT2D eigenvalue weighted by atomic mass is 79.9. The van der Waals surface area contributed by atoms with Crippen LogP contribution in [-0.4, -0.2) is 5.11 Å². The second-order valence-corrected chi connectivity index (χ2v) is 6.44. The van der Waals surface area contributed by atoms with Crippen molar-refractivity contribution in [2.45, 2.75) is 18.6 Å². The number of hydrogen-bond acceptors (Lipinski definition) is 2. The summed E-state index contributed by atoms with van der Waals surface area (Å²) in [6.45, 7) is 0. The standard InChI is InChI=1S/C15H11BrCl2O2/c16-9-2-3-10-13(19)7-14(20-15(10)6-9)8-1-4-11(17)12(18)5-8/h1-6,13-14,19H,7H2/t13-,14?/m0/s1. The van der Waals surface area contributed by atoms with E-state index in [0.717, 1.165) is 15.6 Å². The van der Waals surface area contributed by atoms with Crippen molar-refractivity contribution in [1.82, 2.24) is 0 Å². The third kappa shape index (κ3) is 2.68. The third-order valence-corrected chi connectivity index (χ3v) is 4.59. The predicted octanol–water partition coefficient (Wildman–Crippen LogP) is 5.31. The number of ether oxygens (including phenoxy) is 1. The van der Waals surface area contributed by atoms with E-state index in [1.165, 1.54) is 0 Å². The van der Waals surface area contributed by atoms with Crippen LogP contribution in [-0.2, 0) is 0 Å². The minimum Gasteiger partial charge on any atom is -0.485 e. The van der Waals surface area contributed by atoms with Crippen LogP contribution < -0.4 is 4.74 Å². The van der Waals surface area contributed by atoms with Crippen molar-refractivity contribution in [1.29, 1.82) is 0 Å². The first-order chi connectivity index (χ1) is 9.54. The molecule has 0 saturated carbocycles. The molecule has 1 N–H and O–H groups in total. The molecule has 2 aromatic carbocycles. The van der Waals surface area contributed by atoms with Gasteiger partial charge in [0.05, 0.1) is 16.1 Å². The minimum absolute atomic E-state index is 0.235. The molecule has 0 amide bonds. The molecule has 0 aromatic heterocycles. The van der Waals surface area contributed by atoms with Gasteiger partial charge in [-0.1, -0.05) is 51.3 Å². The molecular formula is C15H11BrCl2O2. The molecule has 0 saturated heterocycles. The van der Waals surface area contributed by atoms with Gasteiger partial charge in [0.2, 0.25) is 0 Å². The molecule has 2 aromatic rings. The molecule has 0 radical (unpaired) electrons. The Kier molecular flexibility index (Phi) is 3.95. The molecule has 3 rings (SSSR count). The van der Waals surface area contributed by atoms with E-state index in [9.17, 15) is 5.11 Å². The van der Waals surface area contributed by atoms with Gasteiger partial charge in [0.25, 0.3) is 0 Å². The van der Waals surface area contributed by atoms with Crippen molar-refractivity contribution in [2.24, 2.45) is 0 Å². The van der Waals surface area contributed by atoms with Gasteiger partial charge in [0.1, 0.15) is 11.9 Å². The molecule has 1 aliphatic heterocycles. The Bertz CT molecular complexity index is 660. The van der Waals surface area contributed by atoms with Crippen molar-refractivity contribution in [3.05, 3.63) is 62.0 Å². The van der Waals surface area contributed by atoms with E-state index in [2.05, 4.69) is 15.9 Å². The summed E-state index contributed by atoms with van der Waals surface area (Å²) in [5.41, 5.74) is 1.72. The van der Waals surface area contributed by atoms with Crippen molar-refractivity contribution in [3.63, 3.8) is 0 Å². The van der Waals surface area contributed by atoms with E-state index >= 15 is 0 Å². The molecule has 0 fully saturated rings. The number of halogens is 3. The van der Waals surface area contributed by atoms with E-state index in [1.54, 1.807) is 12.1 Å². The first-order valence-electron chi connectivity index (χ1n) is 6.13. The molecule has 0 spiro atoms. The van der Waals surface area contributed by atoms with Gasteiger partial charge in [0.15, 0.2) is 0 Å². The summed E-state index contributed by atoms with van der Waals surface area (Å²) in [6.07, 6.45) is -0.292. The SMILES string of the molecule is O[C@H]1CC(c2ccc(Cl)c(Cl)c2)Oc2cc(Br)ccc21. The first kappa shape index (κ1) is 14.2. The van der Waals surface area contributed by atoms with Crippen LogP contribution in [0.3, 0.4) is 0 Å². The fourth-order valence-corrected chi connectivity index (χ4v) is 2.98. The maximum absolute atomic E-state index is 10.3. The third-order valence-electron chi connectivity index (χ3n) is 3.36. The molecular weight excluding hydrogens is 363 g/mol. The monoisotopic (exact) mass is 372 g/mol. The fraction of sp³-hybridized carbons (Fsp3) is 0.200. The van der Waals surface area contributed by atoms with Gasteiger partial charge in [-0.15, -0.1) is 0 Å². The zero-order valence-electron chi connectivity index (χ0n) is 10.3. The van der Waals surface area contributed by atoms with Crippen molar-refractivity contribution < 1.29 is 9.84 Å². The average molecular weight is 374 g/mol. The lowest BCUT2D eigenvalue weighted by Crippen LogP contribution is -2.19. The predicted molar refractivity (Wildman–Crippen MR) is 83.5 cm³/mol. The molecule has 1 unspecified atom stereocenters. The van der Waals surface area contributed by atoms with Crippen LogP contribution in [0.1, 0.15) is 29.8 Å². The Morgan fingerprint density at radius 3 is 2.65 bits per heavy atom. The highest BCUT2D eigenvalue weighted by Gasteiger charge is 2.28. The number of hydrogen-bond donors (Lipinski definition) is 1. The van der Waals surface area contributed by atoms with Crippen LogP contribution in [0.2, 0.25) is 10.0 Å². The fourth-order valence-electron chi connectivity index (χ4n) is 2.33. The van der Waals surface area contributed by atoms with Crippen LogP contribution in [0.15, 0.2) is 40.9 Å². The van der Waals surface area contributed by atoms with Crippen LogP contribution in [0.4, 0.5) is 0 Å². The van der Waals surface area contributed by atoms with Crippen molar-refractivity contribution in [3.8, 4) is 5.75 Å². The molecule has 20 heavy (non-hydrogen) atoms. The molecule has 0 bridgehead atoms. The average Bonchev–Trinajstić information content (AvgIpc) is 2.41. The van der Waals surface area contributed by atoms with Crippen molar-refractivity contribution in [2.75, 3.05) is 0 Å². The van der Waals surface area contributed by atoms with Crippen LogP contribution >= 0.6 is 39.1 Å². The topological polar surface area (TPSA) is 29.5 Å². The number of aliphatic hydroxyl groups is 1. The van der Waals surface area contributed by atoms with Crippen LogP contribution in [0.5, 0.6) is 5.75 Å². The lowest BCUT2D eigenvalue weighted by Gasteiger charge is -2.30. The summed E-state index contributed by atoms with van der Waals surface area (Å²) in [6, 6.07) is 11.0.